The van der Waals surface area contributed by atoms with Gasteiger partial charge in [-0.2, -0.15) is 5.10 Å². The van der Waals surface area contributed by atoms with Crippen molar-refractivity contribution in [1.82, 2.24) is 15.1 Å². The van der Waals surface area contributed by atoms with Crippen LogP contribution in [0.25, 0.3) is 21.9 Å². The predicted molar refractivity (Wildman–Crippen MR) is 201 cm³/mol. The lowest BCUT2D eigenvalue weighted by Crippen LogP contribution is -2.68. The Hall–Kier alpha value is -4.47. The zero-order valence-electron chi connectivity index (χ0n) is 28.7. The summed E-state index contributed by atoms with van der Waals surface area (Å²) in [7, 11) is -3.11. The zero-order chi connectivity index (χ0) is 35.0. The first-order valence-corrected chi connectivity index (χ1v) is 19.7. The van der Waals surface area contributed by atoms with Crippen LogP contribution in [-0.4, -0.2) is 60.8 Å². The van der Waals surface area contributed by atoms with E-state index < -0.39 is 20.2 Å². The van der Waals surface area contributed by atoms with E-state index in [-0.39, 0.29) is 11.0 Å². The first-order valence-electron chi connectivity index (χ1n) is 17.4. The molecule has 1 aliphatic carbocycles. The van der Waals surface area contributed by atoms with Crippen LogP contribution in [0.2, 0.25) is 10.1 Å². The molecule has 1 saturated heterocycles. The van der Waals surface area contributed by atoms with Crippen LogP contribution in [0.1, 0.15) is 58.1 Å². The highest BCUT2D eigenvalue weighted by Crippen LogP contribution is 2.46. The second kappa shape index (κ2) is 13.7. The fourth-order valence-electron chi connectivity index (χ4n) is 7.88. The standard InChI is InChI=1S/C40H42ClFN4O3Si/c1-40(2,3)50(28-15-6-4-7-16-28,29-17-8-5-9-18-29)49-35-20-12-19-34(42)36(35)32-25-30-31(26-33(32)41)38(44-43-37(30)27-13-10-11-14-27)45-21-23-46(24-22-45)39(47)48/h4-9,12,15-20,25-27H,10-11,13-14,21-24H2,1-3H3,(H,47,48). The lowest BCUT2D eigenvalue weighted by atomic mass is 9.94. The molecule has 258 valence electrons. The first-order chi connectivity index (χ1) is 24.1. The monoisotopic (exact) mass is 708 g/mol. The van der Waals surface area contributed by atoms with E-state index >= 15 is 4.39 Å². The van der Waals surface area contributed by atoms with E-state index in [1.165, 1.54) is 11.0 Å². The molecule has 0 bridgehead atoms. The average Bonchev–Trinajstić information content (AvgIpc) is 3.65. The summed E-state index contributed by atoms with van der Waals surface area (Å²) in [6.07, 6.45) is 3.35. The SMILES string of the molecule is CC(C)(C)[Si](Oc1cccc(F)c1-c1cc2c(C3CCCC3)nnc(N3CCN(C(=O)O)CC3)c2cc1Cl)(c1ccccc1)c1ccccc1. The van der Waals surface area contributed by atoms with Gasteiger partial charge in [-0.25, -0.2) is 9.18 Å². The van der Waals surface area contributed by atoms with Crippen molar-refractivity contribution >= 4 is 53.0 Å². The van der Waals surface area contributed by atoms with E-state index in [1.54, 1.807) is 6.07 Å². The Morgan fingerprint density at radius 1 is 0.860 bits per heavy atom. The summed E-state index contributed by atoms with van der Waals surface area (Å²) in [5.41, 5.74) is 1.76. The van der Waals surface area contributed by atoms with Crippen molar-refractivity contribution in [1.29, 1.82) is 0 Å². The van der Waals surface area contributed by atoms with Gasteiger partial charge in [-0.15, -0.1) is 5.10 Å². The number of halogens is 2. The van der Waals surface area contributed by atoms with Crippen molar-refractivity contribution in [2.75, 3.05) is 31.1 Å². The van der Waals surface area contributed by atoms with Crippen molar-refractivity contribution in [3.63, 3.8) is 0 Å². The smallest absolute Gasteiger partial charge is 0.407 e. The molecule has 1 N–H and O–H groups in total. The predicted octanol–water partition coefficient (Wildman–Crippen LogP) is 8.49. The van der Waals surface area contributed by atoms with Gasteiger partial charge in [-0.05, 0) is 52.5 Å². The third kappa shape index (κ3) is 6.11. The number of carboxylic acid groups (broad SMARTS) is 1. The molecule has 1 aliphatic heterocycles. The molecule has 0 spiro atoms. The van der Waals surface area contributed by atoms with Gasteiger partial charge in [0.15, 0.2) is 5.82 Å². The lowest BCUT2D eigenvalue weighted by molar-refractivity contribution is 0.142. The summed E-state index contributed by atoms with van der Waals surface area (Å²) in [5, 5.41) is 23.0. The second-order valence-electron chi connectivity index (χ2n) is 14.4. The van der Waals surface area contributed by atoms with Gasteiger partial charge in [-0.3, -0.25) is 0 Å². The van der Waals surface area contributed by atoms with E-state index in [9.17, 15) is 9.90 Å². The highest BCUT2D eigenvalue weighted by Gasteiger charge is 2.52. The molecule has 0 atom stereocenters. The van der Waals surface area contributed by atoms with E-state index in [4.69, 9.17) is 26.2 Å². The van der Waals surface area contributed by atoms with Crippen LogP contribution < -0.4 is 19.7 Å². The largest absolute Gasteiger partial charge is 0.533 e. The molecule has 1 saturated carbocycles. The number of aromatic nitrogens is 2. The molecule has 10 heteroatoms. The molecule has 7 nitrogen and oxygen atoms in total. The summed E-state index contributed by atoms with van der Waals surface area (Å²) in [5.74, 6) is 0.925. The summed E-state index contributed by atoms with van der Waals surface area (Å²) < 4.78 is 23.9. The average molecular weight is 709 g/mol. The maximum atomic E-state index is 16.5. The van der Waals surface area contributed by atoms with E-state index in [0.29, 0.717) is 53.9 Å². The summed E-state index contributed by atoms with van der Waals surface area (Å²) in [4.78, 5) is 15.1. The molecule has 50 heavy (non-hydrogen) atoms. The Morgan fingerprint density at radius 3 is 2.06 bits per heavy atom. The lowest BCUT2D eigenvalue weighted by Gasteiger charge is -2.43. The quantitative estimate of drug-likeness (QED) is 0.171. The van der Waals surface area contributed by atoms with Crippen molar-refractivity contribution in [2.45, 2.75) is 57.4 Å². The first kappa shape index (κ1) is 34.0. The van der Waals surface area contributed by atoms with Crippen LogP contribution in [0.5, 0.6) is 5.75 Å². The van der Waals surface area contributed by atoms with Crippen molar-refractivity contribution in [2.24, 2.45) is 0 Å². The Bertz CT molecular complexity index is 1970. The highest BCUT2D eigenvalue weighted by molar-refractivity contribution is 7.00. The Kier molecular flexibility index (Phi) is 9.30. The Morgan fingerprint density at radius 2 is 1.48 bits per heavy atom. The third-order valence-electron chi connectivity index (χ3n) is 10.4. The maximum Gasteiger partial charge on any atom is 0.407 e. The number of anilines is 1. The number of hydrogen-bond acceptors (Lipinski definition) is 5. The van der Waals surface area contributed by atoms with Crippen LogP contribution >= 0.6 is 11.6 Å². The fourth-order valence-corrected chi connectivity index (χ4v) is 12.6. The topological polar surface area (TPSA) is 78.8 Å². The van der Waals surface area contributed by atoms with Crippen molar-refractivity contribution < 1.29 is 18.7 Å². The molecule has 2 aliphatic rings. The van der Waals surface area contributed by atoms with Gasteiger partial charge >= 0.3 is 14.4 Å². The molecule has 2 heterocycles. The molecule has 0 unspecified atom stereocenters. The minimum Gasteiger partial charge on any atom is -0.533 e. The van der Waals surface area contributed by atoms with Gasteiger partial charge in [0.2, 0.25) is 0 Å². The number of rotatable bonds is 7. The van der Waals surface area contributed by atoms with Crippen LogP contribution in [0, 0.1) is 5.82 Å². The number of nitrogens with zero attached hydrogens (tertiary/aromatic N) is 4. The van der Waals surface area contributed by atoms with Crippen LogP contribution in [0.15, 0.2) is 91.0 Å². The number of benzene rings is 4. The van der Waals surface area contributed by atoms with Gasteiger partial charge in [0, 0.05) is 53.5 Å². The highest BCUT2D eigenvalue weighted by atomic mass is 35.5. The molecular weight excluding hydrogens is 667 g/mol. The summed E-state index contributed by atoms with van der Waals surface area (Å²) in [6.45, 7) is 8.31. The van der Waals surface area contributed by atoms with Crippen molar-refractivity contribution in [3.05, 3.63) is 108 Å². The Balaban J connectivity index is 1.41. The van der Waals surface area contributed by atoms with E-state index in [2.05, 4.69) is 49.9 Å². The van der Waals surface area contributed by atoms with E-state index in [1.807, 2.05) is 54.6 Å². The molecule has 1 aromatic heterocycles. The Labute approximate surface area is 298 Å². The number of amides is 1. The van der Waals surface area contributed by atoms with Gasteiger partial charge < -0.3 is 19.3 Å². The molecule has 2 fully saturated rings. The van der Waals surface area contributed by atoms with Gasteiger partial charge in [-0.1, -0.05) is 112 Å². The molecule has 0 radical (unpaired) electrons. The molecule has 4 aromatic carbocycles. The minimum absolute atomic E-state index is 0.241. The molecule has 7 rings (SSSR count). The number of carbonyl (C=O) groups is 1. The molecular formula is C40H42ClFN4O3Si. The number of hydrogen-bond donors (Lipinski definition) is 1. The zero-order valence-corrected chi connectivity index (χ0v) is 30.5. The number of piperazine rings is 1. The van der Waals surface area contributed by atoms with E-state index in [0.717, 1.165) is 52.5 Å². The number of fused-ring (bicyclic) bond motifs is 1. The van der Waals surface area contributed by atoms with Crippen LogP contribution in [-0.2, 0) is 0 Å². The molecule has 5 aromatic rings. The third-order valence-corrected chi connectivity index (χ3v) is 15.6. The van der Waals surface area contributed by atoms with Crippen molar-refractivity contribution in [3.8, 4) is 16.9 Å². The van der Waals surface area contributed by atoms with Gasteiger partial charge in [0.25, 0.3) is 0 Å². The fraction of sp³-hybridized carbons (Fsp3) is 0.325. The van der Waals surface area contributed by atoms with Gasteiger partial charge in [0.05, 0.1) is 11.3 Å². The maximum absolute atomic E-state index is 16.5. The van der Waals surface area contributed by atoms with Gasteiger partial charge in [0.1, 0.15) is 11.6 Å². The molecule has 1 amide bonds. The normalized spacial score (nSPS) is 15.9. The van der Waals surface area contributed by atoms with Crippen LogP contribution in [0.3, 0.4) is 0 Å². The minimum atomic E-state index is -3.11. The summed E-state index contributed by atoms with van der Waals surface area (Å²) in [6, 6.07) is 29.5. The van der Waals surface area contributed by atoms with Crippen LogP contribution in [0.4, 0.5) is 15.0 Å². The second-order valence-corrected chi connectivity index (χ2v) is 19.0. The summed E-state index contributed by atoms with van der Waals surface area (Å²) >= 11 is 7.20.